The minimum absolute atomic E-state index is 0.0316. The van der Waals surface area contributed by atoms with Gasteiger partial charge in [0.2, 0.25) is 5.91 Å². The second-order valence-electron chi connectivity index (χ2n) is 8.99. The van der Waals surface area contributed by atoms with E-state index in [9.17, 15) is 14.4 Å². The molecule has 2 heterocycles. The molecule has 2 amide bonds. The number of hydrogen-bond acceptors (Lipinski definition) is 6. The average molecular weight is 466 g/mol. The third kappa shape index (κ3) is 5.32. The topological polar surface area (TPSA) is 111 Å². The van der Waals surface area contributed by atoms with Crippen LogP contribution in [0.15, 0.2) is 54.6 Å². The molecule has 1 aliphatic carbocycles. The second-order valence-corrected chi connectivity index (χ2v) is 8.99. The van der Waals surface area contributed by atoms with Gasteiger partial charge in [-0.1, -0.05) is 42.5 Å². The lowest BCUT2D eigenvalue weighted by Gasteiger charge is -2.49. The van der Waals surface area contributed by atoms with Crippen molar-refractivity contribution in [3.63, 3.8) is 0 Å². The maximum Gasteiger partial charge on any atom is 0.411 e. The molecule has 2 saturated heterocycles. The van der Waals surface area contributed by atoms with Crippen molar-refractivity contribution in [1.82, 2.24) is 10.2 Å². The van der Waals surface area contributed by atoms with Gasteiger partial charge >= 0.3 is 12.1 Å². The van der Waals surface area contributed by atoms with Gasteiger partial charge in [0.1, 0.15) is 18.7 Å². The Balaban J connectivity index is 1.48. The Bertz CT molecular complexity index is 1000. The van der Waals surface area contributed by atoms with Gasteiger partial charge in [0, 0.05) is 18.2 Å². The lowest BCUT2D eigenvalue weighted by Crippen LogP contribution is -2.64. The Kier molecular flexibility index (Phi) is 7.35. The maximum absolute atomic E-state index is 13.5. The van der Waals surface area contributed by atoms with E-state index in [-0.39, 0.29) is 30.9 Å². The van der Waals surface area contributed by atoms with Crippen molar-refractivity contribution in [2.24, 2.45) is 5.92 Å². The van der Waals surface area contributed by atoms with Crippen LogP contribution in [0.25, 0.3) is 0 Å². The van der Waals surface area contributed by atoms with E-state index in [1.54, 1.807) is 17.0 Å². The van der Waals surface area contributed by atoms with Crippen LogP contribution in [0, 0.1) is 5.92 Å². The molecular weight excluding hydrogens is 434 g/mol. The Morgan fingerprint density at radius 1 is 1.00 bits per heavy atom. The lowest BCUT2D eigenvalue weighted by atomic mass is 9.74. The Morgan fingerprint density at radius 3 is 2.32 bits per heavy atom. The van der Waals surface area contributed by atoms with Crippen LogP contribution in [-0.4, -0.2) is 48.1 Å². The first-order valence-electron chi connectivity index (χ1n) is 11.7. The van der Waals surface area contributed by atoms with Crippen LogP contribution in [0.4, 0.5) is 10.5 Å². The molecule has 2 aliphatic heterocycles. The van der Waals surface area contributed by atoms with Gasteiger partial charge < -0.3 is 20.5 Å². The SMILES string of the molecule is COC(=O)[C@H](Cc1ccc(N)cc1)NC(=O)C1C2CCC(CC2)N1C(=O)OCc1ccccc1. The van der Waals surface area contributed by atoms with E-state index in [1.807, 2.05) is 42.5 Å². The molecule has 180 valence electrons. The van der Waals surface area contributed by atoms with Gasteiger partial charge in [-0.3, -0.25) is 9.69 Å². The number of nitrogens with zero attached hydrogens (tertiary/aromatic N) is 1. The van der Waals surface area contributed by atoms with E-state index < -0.39 is 24.1 Å². The fraction of sp³-hybridized carbons (Fsp3) is 0.423. The monoisotopic (exact) mass is 465 g/mol. The first-order valence-corrected chi connectivity index (χ1v) is 11.7. The van der Waals surface area contributed by atoms with Crippen molar-refractivity contribution in [2.75, 3.05) is 12.8 Å². The summed E-state index contributed by atoms with van der Waals surface area (Å²) in [7, 11) is 1.29. The van der Waals surface area contributed by atoms with Gasteiger partial charge in [0.05, 0.1) is 7.11 Å². The van der Waals surface area contributed by atoms with Crippen LogP contribution < -0.4 is 11.1 Å². The number of esters is 1. The second kappa shape index (κ2) is 10.6. The summed E-state index contributed by atoms with van der Waals surface area (Å²) in [5.74, 6) is -0.856. The molecule has 3 fully saturated rings. The summed E-state index contributed by atoms with van der Waals surface area (Å²) in [6, 6.07) is 15.0. The molecule has 2 bridgehead atoms. The summed E-state index contributed by atoms with van der Waals surface area (Å²) in [4.78, 5) is 40.6. The molecule has 3 N–H and O–H groups in total. The van der Waals surface area contributed by atoms with Crippen LogP contribution in [0.1, 0.15) is 36.8 Å². The van der Waals surface area contributed by atoms with Gasteiger partial charge in [-0.25, -0.2) is 9.59 Å². The van der Waals surface area contributed by atoms with Gasteiger partial charge in [-0.05, 0) is 54.9 Å². The van der Waals surface area contributed by atoms with Crippen molar-refractivity contribution in [3.8, 4) is 0 Å². The number of ether oxygens (including phenoxy) is 2. The van der Waals surface area contributed by atoms with Crippen molar-refractivity contribution in [1.29, 1.82) is 0 Å². The molecule has 0 aromatic heterocycles. The fourth-order valence-electron chi connectivity index (χ4n) is 5.03. The first-order chi connectivity index (χ1) is 16.5. The van der Waals surface area contributed by atoms with Crippen LogP contribution in [0.5, 0.6) is 0 Å². The van der Waals surface area contributed by atoms with E-state index >= 15 is 0 Å². The van der Waals surface area contributed by atoms with E-state index in [4.69, 9.17) is 15.2 Å². The Morgan fingerprint density at radius 2 is 1.68 bits per heavy atom. The highest BCUT2D eigenvalue weighted by molar-refractivity contribution is 5.90. The summed E-state index contributed by atoms with van der Waals surface area (Å²) in [6.45, 7) is 0.143. The molecule has 1 saturated carbocycles. The van der Waals surface area contributed by atoms with Crippen LogP contribution in [-0.2, 0) is 32.1 Å². The fourth-order valence-corrected chi connectivity index (χ4v) is 5.03. The number of benzene rings is 2. The predicted octanol–water partition coefficient (Wildman–Crippen LogP) is 3.05. The van der Waals surface area contributed by atoms with Crippen LogP contribution in [0.2, 0.25) is 0 Å². The van der Waals surface area contributed by atoms with Gasteiger partial charge in [-0.15, -0.1) is 0 Å². The molecule has 1 unspecified atom stereocenters. The number of nitrogens with two attached hydrogens (primary N) is 1. The van der Waals surface area contributed by atoms with Crippen LogP contribution in [0.3, 0.4) is 0 Å². The number of hydrogen-bond donors (Lipinski definition) is 2. The molecule has 3 aliphatic rings. The van der Waals surface area contributed by atoms with E-state index in [1.165, 1.54) is 7.11 Å². The zero-order valence-corrected chi connectivity index (χ0v) is 19.3. The number of amides is 2. The minimum Gasteiger partial charge on any atom is -0.467 e. The Labute approximate surface area is 199 Å². The Hall–Kier alpha value is -3.55. The van der Waals surface area contributed by atoms with Crippen molar-refractivity contribution in [2.45, 2.75) is 56.8 Å². The van der Waals surface area contributed by atoms with Crippen molar-refractivity contribution >= 4 is 23.7 Å². The highest BCUT2D eigenvalue weighted by Gasteiger charge is 2.48. The summed E-state index contributed by atoms with van der Waals surface area (Å²) in [5.41, 5.74) is 8.09. The molecule has 0 radical (unpaired) electrons. The standard InChI is InChI=1S/C26H31N3O5/c1-33-25(31)22(15-17-7-11-20(27)12-8-17)28-24(30)23-19-9-13-21(14-10-19)29(23)26(32)34-16-18-5-3-2-4-6-18/h2-8,11-12,19,21-23H,9-10,13-16,27H2,1H3,(H,28,30)/t19?,21?,22-,23?/m0/s1. The van der Waals surface area contributed by atoms with Crippen molar-refractivity contribution < 1.29 is 23.9 Å². The quantitative estimate of drug-likeness (QED) is 0.480. The minimum atomic E-state index is -0.872. The smallest absolute Gasteiger partial charge is 0.411 e. The van der Waals surface area contributed by atoms with Crippen LogP contribution >= 0.6 is 0 Å². The van der Waals surface area contributed by atoms with E-state index in [0.29, 0.717) is 5.69 Å². The zero-order valence-electron chi connectivity index (χ0n) is 19.3. The molecule has 5 rings (SSSR count). The maximum atomic E-state index is 13.5. The largest absolute Gasteiger partial charge is 0.467 e. The molecular formula is C26H31N3O5. The number of methoxy groups -OCH3 is 1. The molecule has 8 nitrogen and oxygen atoms in total. The van der Waals surface area contributed by atoms with Gasteiger partial charge in [0.25, 0.3) is 0 Å². The summed E-state index contributed by atoms with van der Waals surface area (Å²) < 4.78 is 10.5. The molecule has 0 spiro atoms. The number of nitrogen functional groups attached to an aromatic ring is 1. The van der Waals surface area contributed by atoms with E-state index in [2.05, 4.69) is 5.32 Å². The molecule has 34 heavy (non-hydrogen) atoms. The number of piperidine rings is 2. The highest BCUT2D eigenvalue weighted by atomic mass is 16.6. The number of nitrogens with one attached hydrogen (secondary N) is 1. The zero-order chi connectivity index (χ0) is 24.1. The molecule has 2 atom stereocenters. The number of carbonyl (C=O) groups is 3. The number of carbonyl (C=O) groups excluding carboxylic acids is 3. The highest BCUT2D eigenvalue weighted by Crippen LogP contribution is 2.40. The van der Waals surface area contributed by atoms with Gasteiger partial charge in [-0.2, -0.15) is 0 Å². The number of anilines is 1. The normalized spacial score (nSPS) is 22.0. The molecule has 2 aromatic rings. The lowest BCUT2D eigenvalue weighted by molar-refractivity contribution is -0.147. The summed E-state index contributed by atoms with van der Waals surface area (Å²) in [5, 5.41) is 2.85. The predicted molar refractivity (Wildman–Crippen MR) is 127 cm³/mol. The van der Waals surface area contributed by atoms with Gasteiger partial charge in [0.15, 0.2) is 0 Å². The van der Waals surface area contributed by atoms with Crippen molar-refractivity contribution in [3.05, 3.63) is 65.7 Å². The molecule has 8 heteroatoms. The number of rotatable bonds is 7. The third-order valence-corrected chi connectivity index (χ3v) is 6.79. The average Bonchev–Trinajstić information content (AvgIpc) is 2.88. The summed E-state index contributed by atoms with van der Waals surface area (Å²) >= 11 is 0. The first kappa shape index (κ1) is 23.6. The molecule has 2 aromatic carbocycles. The van der Waals surface area contributed by atoms with E-state index in [0.717, 1.165) is 36.8 Å². The summed E-state index contributed by atoms with van der Waals surface area (Å²) in [6.07, 6.45) is 3.20. The third-order valence-electron chi connectivity index (χ3n) is 6.79. The number of fused-ring (bicyclic) bond motifs is 3.